The molecule has 0 aliphatic rings. The number of benzene rings is 3. The first-order valence-corrected chi connectivity index (χ1v) is 9.81. The number of hydrogen-bond donors (Lipinski definition) is 1. The van der Waals surface area contributed by atoms with E-state index in [1.54, 1.807) is 29.5 Å². The number of nitrogens with zero attached hydrogens (tertiary/aromatic N) is 1. The summed E-state index contributed by atoms with van der Waals surface area (Å²) in [6.07, 6.45) is 0. The quantitative estimate of drug-likeness (QED) is 0.400. The molecular weight excluding hydrogens is 399 g/mol. The molecule has 1 heterocycles. The van der Waals surface area contributed by atoms with Crippen molar-refractivity contribution in [3.8, 4) is 10.6 Å². The highest BCUT2D eigenvalue weighted by atomic mass is 35.5. The Labute approximate surface area is 170 Å². The van der Waals surface area contributed by atoms with E-state index in [2.05, 4.69) is 16.4 Å². The summed E-state index contributed by atoms with van der Waals surface area (Å²) < 4.78 is 1.13. The molecule has 1 amide bonds. The molecule has 0 unspecified atom stereocenters. The van der Waals surface area contributed by atoms with Crippen LogP contribution in [0.4, 0.5) is 5.69 Å². The Balaban J connectivity index is 1.67. The smallest absolute Gasteiger partial charge is 0.257 e. The van der Waals surface area contributed by atoms with Gasteiger partial charge in [0, 0.05) is 16.3 Å². The first-order valence-electron chi connectivity index (χ1n) is 8.24. The molecule has 0 saturated carbocycles. The summed E-state index contributed by atoms with van der Waals surface area (Å²) in [5.41, 5.74) is 3.99. The van der Waals surface area contributed by atoms with Crippen LogP contribution in [0.25, 0.3) is 20.8 Å². The molecule has 0 spiro atoms. The van der Waals surface area contributed by atoms with Crippen molar-refractivity contribution in [3.05, 3.63) is 81.8 Å². The van der Waals surface area contributed by atoms with Crippen molar-refractivity contribution in [1.82, 2.24) is 4.98 Å². The number of thiazole rings is 1. The molecule has 1 N–H and O–H groups in total. The number of nitrogens with one attached hydrogen (secondary N) is 1. The van der Waals surface area contributed by atoms with Crippen LogP contribution in [0.15, 0.2) is 60.7 Å². The molecule has 1 aromatic heterocycles. The molecule has 134 valence electrons. The van der Waals surface area contributed by atoms with E-state index in [1.165, 1.54) is 0 Å². The molecule has 0 radical (unpaired) electrons. The Kier molecular flexibility index (Phi) is 4.87. The maximum atomic E-state index is 12.6. The Morgan fingerprint density at radius 1 is 1.04 bits per heavy atom. The number of carbonyl (C=O) groups excluding carboxylic acids is 1. The molecular formula is C21H14Cl2N2OS. The summed E-state index contributed by atoms with van der Waals surface area (Å²) >= 11 is 13.7. The van der Waals surface area contributed by atoms with Gasteiger partial charge in [-0.05, 0) is 48.9 Å². The van der Waals surface area contributed by atoms with Gasteiger partial charge in [-0.3, -0.25) is 4.79 Å². The van der Waals surface area contributed by atoms with Crippen molar-refractivity contribution in [2.24, 2.45) is 0 Å². The molecule has 6 heteroatoms. The van der Waals surface area contributed by atoms with Crippen LogP contribution in [0.5, 0.6) is 0 Å². The van der Waals surface area contributed by atoms with Gasteiger partial charge < -0.3 is 5.32 Å². The number of fused-ring (bicyclic) bond motifs is 1. The second-order valence-corrected chi connectivity index (χ2v) is 7.97. The minimum absolute atomic E-state index is 0.277. The summed E-state index contributed by atoms with van der Waals surface area (Å²) in [4.78, 5) is 17.3. The highest BCUT2D eigenvalue weighted by Gasteiger charge is 2.14. The van der Waals surface area contributed by atoms with Gasteiger partial charge in [-0.2, -0.15) is 0 Å². The van der Waals surface area contributed by atoms with E-state index in [1.807, 2.05) is 43.3 Å². The lowest BCUT2D eigenvalue weighted by atomic mass is 10.1. The number of carbonyl (C=O) groups is 1. The normalized spacial score (nSPS) is 10.9. The number of aryl methyl sites for hydroxylation is 1. The zero-order valence-electron chi connectivity index (χ0n) is 14.3. The number of para-hydroxylation sites is 1. The van der Waals surface area contributed by atoms with Crippen molar-refractivity contribution in [3.63, 3.8) is 0 Å². The summed E-state index contributed by atoms with van der Waals surface area (Å²) in [6, 6.07) is 18.8. The second-order valence-electron chi connectivity index (χ2n) is 6.09. The number of halogens is 2. The number of aromatic nitrogens is 1. The molecule has 0 saturated heterocycles. The van der Waals surface area contributed by atoms with Crippen molar-refractivity contribution >= 4 is 56.3 Å². The second kappa shape index (κ2) is 7.31. The van der Waals surface area contributed by atoms with Crippen molar-refractivity contribution in [2.45, 2.75) is 6.92 Å². The Hall–Kier alpha value is -2.40. The molecule has 0 aliphatic heterocycles. The standard InChI is InChI=1S/C21H14Cl2N2OS/c1-12-6-7-13(21-25-17-4-2-3-5-19(17)27-21)10-18(12)24-20(26)15-9-8-14(22)11-16(15)23/h2-11H,1H3,(H,24,26). The van der Waals surface area contributed by atoms with Gasteiger partial charge in [0.25, 0.3) is 5.91 Å². The van der Waals surface area contributed by atoms with Gasteiger partial charge >= 0.3 is 0 Å². The van der Waals surface area contributed by atoms with Crippen molar-refractivity contribution < 1.29 is 4.79 Å². The van der Waals surface area contributed by atoms with Gasteiger partial charge in [0.05, 0.1) is 20.8 Å². The average molecular weight is 413 g/mol. The van der Waals surface area contributed by atoms with Crippen LogP contribution in [0, 0.1) is 6.92 Å². The van der Waals surface area contributed by atoms with E-state index in [9.17, 15) is 4.79 Å². The van der Waals surface area contributed by atoms with Crippen molar-refractivity contribution in [1.29, 1.82) is 0 Å². The minimum atomic E-state index is -0.277. The highest BCUT2D eigenvalue weighted by molar-refractivity contribution is 7.21. The van der Waals surface area contributed by atoms with E-state index < -0.39 is 0 Å². The number of hydrogen-bond acceptors (Lipinski definition) is 3. The molecule has 27 heavy (non-hydrogen) atoms. The third-order valence-corrected chi connectivity index (χ3v) is 5.84. The minimum Gasteiger partial charge on any atom is -0.322 e. The zero-order valence-corrected chi connectivity index (χ0v) is 16.6. The molecule has 0 atom stereocenters. The van der Waals surface area contributed by atoms with Gasteiger partial charge in [0.2, 0.25) is 0 Å². The topological polar surface area (TPSA) is 42.0 Å². The summed E-state index contributed by atoms with van der Waals surface area (Å²) in [7, 11) is 0. The lowest BCUT2D eigenvalue weighted by Crippen LogP contribution is -2.13. The van der Waals surface area contributed by atoms with E-state index >= 15 is 0 Å². The van der Waals surface area contributed by atoms with Gasteiger partial charge in [-0.25, -0.2) is 4.98 Å². The fourth-order valence-corrected chi connectivity index (χ4v) is 4.20. The third kappa shape index (κ3) is 3.69. The lowest BCUT2D eigenvalue weighted by molar-refractivity contribution is 0.102. The average Bonchev–Trinajstić information content (AvgIpc) is 3.07. The number of amides is 1. The van der Waals surface area contributed by atoms with Gasteiger partial charge in [-0.1, -0.05) is 47.5 Å². The van der Waals surface area contributed by atoms with E-state index in [-0.39, 0.29) is 5.91 Å². The monoisotopic (exact) mass is 412 g/mol. The molecule has 4 rings (SSSR count). The predicted molar refractivity (Wildman–Crippen MR) is 114 cm³/mol. The summed E-state index contributed by atoms with van der Waals surface area (Å²) in [5, 5.41) is 4.66. The number of rotatable bonds is 3. The third-order valence-electron chi connectivity index (χ3n) is 4.20. The van der Waals surface area contributed by atoms with Gasteiger partial charge in [0.1, 0.15) is 5.01 Å². The maximum Gasteiger partial charge on any atom is 0.257 e. The Morgan fingerprint density at radius 2 is 1.85 bits per heavy atom. The molecule has 3 aromatic carbocycles. The summed E-state index contributed by atoms with van der Waals surface area (Å²) in [5.74, 6) is -0.277. The van der Waals surface area contributed by atoms with E-state index in [4.69, 9.17) is 23.2 Å². The van der Waals surface area contributed by atoms with Crippen LogP contribution in [-0.4, -0.2) is 10.9 Å². The van der Waals surface area contributed by atoms with Crippen LogP contribution in [0.2, 0.25) is 10.0 Å². The van der Waals surface area contributed by atoms with E-state index in [0.29, 0.717) is 15.6 Å². The van der Waals surface area contributed by atoms with Crippen LogP contribution in [0.3, 0.4) is 0 Å². The molecule has 3 nitrogen and oxygen atoms in total. The molecule has 0 bridgehead atoms. The van der Waals surface area contributed by atoms with E-state index in [0.717, 1.165) is 32.0 Å². The predicted octanol–water partition coefficient (Wildman–Crippen LogP) is 6.83. The lowest BCUT2D eigenvalue weighted by Gasteiger charge is -2.11. The fraction of sp³-hybridized carbons (Fsp3) is 0.0476. The SMILES string of the molecule is Cc1ccc(-c2nc3ccccc3s2)cc1NC(=O)c1ccc(Cl)cc1Cl. The zero-order chi connectivity index (χ0) is 19.0. The van der Waals surface area contributed by atoms with Gasteiger partial charge in [-0.15, -0.1) is 11.3 Å². The van der Waals surface area contributed by atoms with Crippen LogP contribution >= 0.6 is 34.5 Å². The molecule has 4 aromatic rings. The first-order chi connectivity index (χ1) is 13.0. The Morgan fingerprint density at radius 3 is 2.63 bits per heavy atom. The van der Waals surface area contributed by atoms with Crippen molar-refractivity contribution in [2.75, 3.05) is 5.32 Å². The van der Waals surface area contributed by atoms with Gasteiger partial charge in [0.15, 0.2) is 0 Å². The molecule has 0 fully saturated rings. The van der Waals surface area contributed by atoms with Crippen LogP contribution in [0.1, 0.15) is 15.9 Å². The highest BCUT2D eigenvalue weighted by Crippen LogP contribution is 2.32. The van der Waals surface area contributed by atoms with Crippen LogP contribution in [-0.2, 0) is 0 Å². The van der Waals surface area contributed by atoms with Crippen LogP contribution < -0.4 is 5.32 Å². The summed E-state index contributed by atoms with van der Waals surface area (Å²) in [6.45, 7) is 1.95. The molecule has 0 aliphatic carbocycles. The largest absolute Gasteiger partial charge is 0.322 e. The number of anilines is 1. The first kappa shape index (κ1) is 18.0. The Bertz CT molecular complexity index is 1140. The fourth-order valence-electron chi connectivity index (χ4n) is 2.75. The maximum absolute atomic E-state index is 12.6.